The summed E-state index contributed by atoms with van der Waals surface area (Å²) in [5.74, 6) is -0.374. The number of carbonyl (C=O) groups excluding carboxylic acids is 1. The molecule has 0 fully saturated rings. The number of carbonyl (C=O) groups is 1. The third kappa shape index (κ3) is 5.03. The number of para-hydroxylation sites is 1. The molecular formula is C23H24N2O3S. The first-order valence-electron chi connectivity index (χ1n) is 9.36. The summed E-state index contributed by atoms with van der Waals surface area (Å²) in [5, 5.41) is 2.89. The summed E-state index contributed by atoms with van der Waals surface area (Å²) < 4.78 is 27.8. The van der Waals surface area contributed by atoms with Crippen molar-refractivity contribution in [2.24, 2.45) is 0 Å². The van der Waals surface area contributed by atoms with Gasteiger partial charge in [0, 0.05) is 0 Å². The molecule has 0 aliphatic rings. The van der Waals surface area contributed by atoms with Gasteiger partial charge in [0.1, 0.15) is 6.54 Å². The van der Waals surface area contributed by atoms with Gasteiger partial charge in [-0.2, -0.15) is 0 Å². The van der Waals surface area contributed by atoms with Crippen LogP contribution in [0.15, 0.2) is 89.8 Å². The van der Waals surface area contributed by atoms with Crippen molar-refractivity contribution < 1.29 is 13.2 Å². The molecule has 1 atom stereocenters. The maximum absolute atomic E-state index is 13.3. The van der Waals surface area contributed by atoms with Gasteiger partial charge >= 0.3 is 0 Å². The number of anilines is 1. The standard InChI is InChI=1S/C23H24N2O3S/c1-18-10-9-15-22(16-18)29(27,28)25(21-13-7-4-8-14-21)17-23(26)24-19(2)20-11-5-3-6-12-20/h3-16,19H,17H2,1-2H3,(H,24,26). The van der Waals surface area contributed by atoms with E-state index in [2.05, 4.69) is 5.32 Å². The van der Waals surface area contributed by atoms with Crippen LogP contribution in [-0.2, 0) is 14.8 Å². The molecule has 0 aromatic heterocycles. The first-order valence-corrected chi connectivity index (χ1v) is 10.8. The van der Waals surface area contributed by atoms with Crippen LogP contribution < -0.4 is 9.62 Å². The second kappa shape index (κ2) is 8.92. The van der Waals surface area contributed by atoms with Crippen molar-refractivity contribution in [3.63, 3.8) is 0 Å². The average Bonchev–Trinajstić information content (AvgIpc) is 2.73. The Morgan fingerprint density at radius 1 is 0.931 bits per heavy atom. The van der Waals surface area contributed by atoms with E-state index in [1.54, 1.807) is 48.5 Å². The highest BCUT2D eigenvalue weighted by molar-refractivity contribution is 7.92. The van der Waals surface area contributed by atoms with Crippen LogP contribution in [0, 0.1) is 6.92 Å². The van der Waals surface area contributed by atoms with Crippen molar-refractivity contribution in [3.8, 4) is 0 Å². The molecule has 0 heterocycles. The first-order chi connectivity index (χ1) is 13.9. The molecule has 3 aromatic carbocycles. The number of nitrogens with zero attached hydrogens (tertiary/aromatic N) is 1. The number of benzene rings is 3. The summed E-state index contributed by atoms with van der Waals surface area (Å²) in [6.07, 6.45) is 0. The summed E-state index contributed by atoms with van der Waals surface area (Å²) in [4.78, 5) is 12.9. The number of rotatable bonds is 7. The van der Waals surface area contributed by atoms with Gasteiger partial charge in [0.05, 0.1) is 16.6 Å². The van der Waals surface area contributed by atoms with E-state index in [1.165, 1.54) is 0 Å². The van der Waals surface area contributed by atoms with Crippen molar-refractivity contribution in [1.82, 2.24) is 5.32 Å². The number of nitrogens with one attached hydrogen (secondary N) is 1. The second-order valence-electron chi connectivity index (χ2n) is 6.86. The van der Waals surface area contributed by atoms with Crippen LogP contribution in [0.3, 0.4) is 0 Å². The van der Waals surface area contributed by atoms with Crippen LogP contribution in [0.2, 0.25) is 0 Å². The SMILES string of the molecule is Cc1cccc(S(=O)(=O)N(CC(=O)NC(C)c2ccccc2)c2ccccc2)c1. The topological polar surface area (TPSA) is 66.5 Å². The monoisotopic (exact) mass is 408 g/mol. The van der Waals surface area contributed by atoms with E-state index < -0.39 is 10.0 Å². The number of aryl methyl sites for hydroxylation is 1. The molecule has 3 aromatic rings. The van der Waals surface area contributed by atoms with Gasteiger partial charge in [-0.25, -0.2) is 8.42 Å². The molecule has 150 valence electrons. The summed E-state index contributed by atoms with van der Waals surface area (Å²) in [5.41, 5.74) is 2.23. The molecule has 0 saturated heterocycles. The molecule has 5 nitrogen and oxygen atoms in total. The van der Waals surface area contributed by atoms with E-state index in [9.17, 15) is 13.2 Å². The quantitative estimate of drug-likeness (QED) is 0.641. The third-order valence-corrected chi connectivity index (χ3v) is 6.36. The fraction of sp³-hybridized carbons (Fsp3) is 0.174. The lowest BCUT2D eigenvalue weighted by molar-refractivity contribution is -0.120. The van der Waals surface area contributed by atoms with Crippen LogP contribution in [0.1, 0.15) is 24.1 Å². The fourth-order valence-corrected chi connectivity index (χ4v) is 4.58. The van der Waals surface area contributed by atoms with Gasteiger partial charge in [-0.15, -0.1) is 0 Å². The minimum Gasteiger partial charge on any atom is -0.348 e. The summed E-state index contributed by atoms with van der Waals surface area (Å²) in [6.45, 7) is 3.40. The molecule has 29 heavy (non-hydrogen) atoms. The third-order valence-electron chi connectivity index (χ3n) is 4.59. The Morgan fingerprint density at radius 3 is 2.17 bits per heavy atom. The molecule has 3 rings (SSSR count). The largest absolute Gasteiger partial charge is 0.348 e. The van der Waals surface area contributed by atoms with E-state index in [4.69, 9.17) is 0 Å². The van der Waals surface area contributed by atoms with Gasteiger partial charge in [0.15, 0.2) is 0 Å². The zero-order valence-corrected chi connectivity index (χ0v) is 17.3. The van der Waals surface area contributed by atoms with Gasteiger partial charge in [-0.1, -0.05) is 60.7 Å². The molecule has 0 aliphatic carbocycles. The maximum atomic E-state index is 13.3. The molecule has 0 radical (unpaired) electrons. The predicted molar refractivity (Wildman–Crippen MR) is 115 cm³/mol. The minimum atomic E-state index is -3.90. The first kappa shape index (κ1) is 20.6. The Kier molecular flexibility index (Phi) is 6.34. The van der Waals surface area contributed by atoms with E-state index >= 15 is 0 Å². The Balaban J connectivity index is 1.88. The fourth-order valence-electron chi connectivity index (χ4n) is 3.05. The lowest BCUT2D eigenvalue weighted by Gasteiger charge is -2.25. The Labute approximate surface area is 172 Å². The Hall–Kier alpha value is -3.12. The number of sulfonamides is 1. The van der Waals surface area contributed by atoms with Crippen LogP contribution in [-0.4, -0.2) is 20.9 Å². The van der Waals surface area contributed by atoms with Crippen LogP contribution in [0.25, 0.3) is 0 Å². The molecular weight excluding hydrogens is 384 g/mol. The molecule has 6 heteroatoms. The highest BCUT2D eigenvalue weighted by atomic mass is 32.2. The van der Waals surface area contributed by atoms with Gasteiger partial charge in [-0.3, -0.25) is 9.10 Å². The Morgan fingerprint density at radius 2 is 1.55 bits per heavy atom. The predicted octanol–water partition coefficient (Wildman–Crippen LogP) is 4.07. The molecule has 1 amide bonds. The van der Waals surface area contributed by atoms with Crippen LogP contribution >= 0.6 is 0 Å². The van der Waals surface area contributed by atoms with Gasteiger partial charge in [0.2, 0.25) is 5.91 Å². The summed E-state index contributed by atoms with van der Waals surface area (Å²) >= 11 is 0. The highest BCUT2D eigenvalue weighted by Gasteiger charge is 2.27. The molecule has 1 unspecified atom stereocenters. The van der Waals surface area contributed by atoms with Crippen molar-refractivity contribution in [3.05, 3.63) is 96.1 Å². The summed E-state index contributed by atoms with van der Waals surface area (Å²) in [7, 11) is -3.90. The Bertz CT molecular complexity index is 1070. The highest BCUT2D eigenvalue weighted by Crippen LogP contribution is 2.24. The average molecular weight is 409 g/mol. The van der Waals surface area contributed by atoms with Crippen molar-refractivity contribution in [1.29, 1.82) is 0 Å². The molecule has 0 spiro atoms. The van der Waals surface area contributed by atoms with Crippen molar-refractivity contribution >= 4 is 21.6 Å². The van der Waals surface area contributed by atoms with Gasteiger partial charge in [0.25, 0.3) is 10.0 Å². The van der Waals surface area contributed by atoms with E-state index in [-0.39, 0.29) is 23.4 Å². The van der Waals surface area contributed by atoms with Gasteiger partial charge < -0.3 is 5.32 Å². The number of hydrogen-bond acceptors (Lipinski definition) is 3. The smallest absolute Gasteiger partial charge is 0.264 e. The van der Waals surface area contributed by atoms with Crippen LogP contribution in [0.5, 0.6) is 0 Å². The minimum absolute atomic E-state index is 0.158. The van der Waals surface area contributed by atoms with Crippen molar-refractivity contribution in [2.75, 3.05) is 10.8 Å². The zero-order valence-electron chi connectivity index (χ0n) is 16.4. The zero-order chi connectivity index (χ0) is 20.9. The van der Waals surface area contributed by atoms with E-state index in [1.807, 2.05) is 50.2 Å². The maximum Gasteiger partial charge on any atom is 0.264 e. The normalized spacial score (nSPS) is 12.2. The lowest BCUT2D eigenvalue weighted by atomic mass is 10.1. The van der Waals surface area contributed by atoms with E-state index in [0.717, 1.165) is 15.4 Å². The van der Waals surface area contributed by atoms with Crippen molar-refractivity contribution in [2.45, 2.75) is 24.8 Å². The second-order valence-corrected chi connectivity index (χ2v) is 8.73. The summed E-state index contributed by atoms with van der Waals surface area (Å²) in [6, 6.07) is 24.7. The molecule has 0 aliphatic heterocycles. The van der Waals surface area contributed by atoms with Gasteiger partial charge in [-0.05, 0) is 49.2 Å². The molecule has 1 N–H and O–H groups in total. The molecule has 0 bridgehead atoms. The molecule has 0 saturated carbocycles. The number of amides is 1. The van der Waals surface area contributed by atoms with E-state index in [0.29, 0.717) is 5.69 Å². The lowest BCUT2D eigenvalue weighted by Crippen LogP contribution is -2.41. The van der Waals surface area contributed by atoms with Crippen LogP contribution in [0.4, 0.5) is 5.69 Å². The number of hydrogen-bond donors (Lipinski definition) is 1.